The summed E-state index contributed by atoms with van der Waals surface area (Å²) in [6, 6.07) is 0. The van der Waals surface area contributed by atoms with Gasteiger partial charge < -0.3 is 19.3 Å². The summed E-state index contributed by atoms with van der Waals surface area (Å²) in [7, 11) is 1.55. The van der Waals surface area contributed by atoms with E-state index in [-0.39, 0.29) is 18.9 Å². The van der Waals surface area contributed by atoms with Crippen molar-refractivity contribution in [2.24, 2.45) is 0 Å². The first-order valence-corrected chi connectivity index (χ1v) is 7.16. The lowest BCUT2D eigenvalue weighted by atomic mass is 9.88. The van der Waals surface area contributed by atoms with Crippen LogP contribution in [0.2, 0.25) is 0 Å². The first kappa shape index (κ1) is 17.4. The van der Waals surface area contributed by atoms with Gasteiger partial charge in [-0.2, -0.15) is 0 Å². The number of carbonyl (C=O) groups excluding carboxylic acids is 1. The SMILES string of the molecule is CCN(CC)CC(=O)O[C@H]1[C@H](C)O[C@@H](O)C[C@@]1(C)OC. The van der Waals surface area contributed by atoms with E-state index >= 15 is 0 Å². The first-order valence-electron chi connectivity index (χ1n) is 7.16. The van der Waals surface area contributed by atoms with Crippen LogP contribution in [0.15, 0.2) is 0 Å². The van der Waals surface area contributed by atoms with Crippen molar-refractivity contribution >= 4 is 5.97 Å². The molecule has 0 radical (unpaired) electrons. The molecular formula is C14H27NO5. The molecule has 1 aliphatic heterocycles. The number of hydrogen-bond donors (Lipinski definition) is 1. The summed E-state index contributed by atoms with van der Waals surface area (Å²) in [6.45, 7) is 9.43. The third-order valence-electron chi connectivity index (χ3n) is 3.95. The quantitative estimate of drug-likeness (QED) is 0.729. The number of aliphatic hydroxyl groups excluding tert-OH is 1. The van der Waals surface area contributed by atoms with Crippen LogP contribution in [0, 0.1) is 0 Å². The number of aliphatic hydroxyl groups is 1. The summed E-state index contributed by atoms with van der Waals surface area (Å²) in [5.41, 5.74) is -0.740. The maximum atomic E-state index is 12.0. The number of hydrogen-bond acceptors (Lipinski definition) is 6. The average Bonchev–Trinajstić information content (AvgIpc) is 2.40. The van der Waals surface area contributed by atoms with E-state index in [1.54, 1.807) is 14.0 Å². The molecule has 0 aromatic rings. The molecule has 0 unspecified atom stereocenters. The Morgan fingerprint density at radius 3 is 2.55 bits per heavy atom. The number of ether oxygens (including phenoxy) is 3. The van der Waals surface area contributed by atoms with Crippen LogP contribution in [-0.2, 0) is 19.0 Å². The topological polar surface area (TPSA) is 68.2 Å². The molecule has 4 atom stereocenters. The van der Waals surface area contributed by atoms with Crippen LogP contribution in [0.4, 0.5) is 0 Å². The minimum atomic E-state index is -0.896. The summed E-state index contributed by atoms with van der Waals surface area (Å²) < 4.78 is 16.3. The number of carbonyl (C=O) groups is 1. The molecule has 6 nitrogen and oxygen atoms in total. The highest BCUT2D eigenvalue weighted by Gasteiger charge is 2.47. The Bertz CT molecular complexity index is 321. The molecule has 0 saturated carbocycles. The second-order valence-corrected chi connectivity index (χ2v) is 5.39. The van der Waals surface area contributed by atoms with Crippen LogP contribution >= 0.6 is 0 Å². The lowest BCUT2D eigenvalue weighted by Gasteiger charge is -2.44. The monoisotopic (exact) mass is 289 g/mol. The molecule has 0 aromatic carbocycles. The molecule has 0 amide bonds. The third kappa shape index (κ3) is 4.15. The second kappa shape index (κ2) is 7.36. The van der Waals surface area contributed by atoms with Crippen molar-refractivity contribution in [3.8, 4) is 0 Å². The average molecular weight is 289 g/mol. The molecule has 1 aliphatic rings. The Kier molecular flexibility index (Phi) is 6.39. The summed E-state index contributed by atoms with van der Waals surface area (Å²) in [5.74, 6) is -0.297. The van der Waals surface area contributed by atoms with Gasteiger partial charge in [-0.15, -0.1) is 0 Å². The smallest absolute Gasteiger partial charge is 0.320 e. The summed E-state index contributed by atoms with van der Waals surface area (Å²) in [6.07, 6.45) is -1.56. The molecule has 118 valence electrons. The van der Waals surface area contributed by atoms with Crippen LogP contribution in [0.5, 0.6) is 0 Å². The van der Waals surface area contributed by atoms with Gasteiger partial charge in [0, 0.05) is 13.5 Å². The van der Waals surface area contributed by atoms with Gasteiger partial charge in [0.1, 0.15) is 5.60 Å². The van der Waals surface area contributed by atoms with E-state index in [4.69, 9.17) is 14.2 Å². The van der Waals surface area contributed by atoms with E-state index < -0.39 is 24.1 Å². The normalized spacial score (nSPS) is 34.2. The van der Waals surface area contributed by atoms with E-state index in [2.05, 4.69) is 0 Å². The van der Waals surface area contributed by atoms with Gasteiger partial charge in [0.05, 0.1) is 12.6 Å². The number of likely N-dealkylation sites (N-methyl/N-ethyl adjacent to an activating group) is 1. The minimum Gasteiger partial charge on any atom is -0.456 e. The Hall–Kier alpha value is -0.690. The van der Waals surface area contributed by atoms with Crippen LogP contribution in [0.3, 0.4) is 0 Å². The van der Waals surface area contributed by atoms with Gasteiger partial charge in [-0.05, 0) is 26.9 Å². The van der Waals surface area contributed by atoms with Crippen molar-refractivity contribution in [2.75, 3.05) is 26.7 Å². The Morgan fingerprint density at radius 2 is 2.05 bits per heavy atom. The zero-order chi connectivity index (χ0) is 15.3. The molecule has 1 rings (SSSR count). The van der Waals surface area contributed by atoms with Gasteiger partial charge in [-0.3, -0.25) is 9.69 Å². The van der Waals surface area contributed by atoms with Gasteiger partial charge in [-0.1, -0.05) is 13.8 Å². The molecule has 0 aromatic heterocycles. The minimum absolute atomic E-state index is 0.249. The van der Waals surface area contributed by atoms with Crippen LogP contribution in [0.25, 0.3) is 0 Å². The molecule has 1 fully saturated rings. The van der Waals surface area contributed by atoms with E-state index in [1.807, 2.05) is 25.7 Å². The van der Waals surface area contributed by atoms with Crippen molar-refractivity contribution < 1.29 is 24.1 Å². The standard InChI is InChI=1S/C14H27NO5/c1-6-15(7-2)9-12(17)20-13-10(3)19-11(16)8-14(13,4)18-5/h10-11,13,16H,6-9H2,1-5H3/t10-,11+,13-,14+/m0/s1. The number of rotatable bonds is 6. The van der Waals surface area contributed by atoms with Crippen LogP contribution in [-0.4, -0.2) is 66.8 Å². The van der Waals surface area contributed by atoms with Crippen LogP contribution < -0.4 is 0 Å². The molecule has 6 heteroatoms. The van der Waals surface area contributed by atoms with Crippen LogP contribution in [0.1, 0.15) is 34.1 Å². The van der Waals surface area contributed by atoms with Crippen molar-refractivity contribution in [3.05, 3.63) is 0 Å². The van der Waals surface area contributed by atoms with Gasteiger partial charge >= 0.3 is 5.97 Å². The molecule has 1 saturated heterocycles. The summed E-state index contributed by atoms with van der Waals surface area (Å²) >= 11 is 0. The fourth-order valence-electron chi connectivity index (χ4n) is 2.56. The van der Waals surface area contributed by atoms with Crippen molar-refractivity contribution in [2.45, 2.75) is 58.2 Å². The molecule has 1 N–H and O–H groups in total. The number of esters is 1. The number of methoxy groups -OCH3 is 1. The largest absolute Gasteiger partial charge is 0.456 e. The predicted molar refractivity (Wildman–Crippen MR) is 74.3 cm³/mol. The van der Waals surface area contributed by atoms with E-state index in [1.165, 1.54) is 0 Å². The van der Waals surface area contributed by atoms with Crippen molar-refractivity contribution in [1.82, 2.24) is 4.90 Å². The summed E-state index contributed by atoms with van der Waals surface area (Å²) in [4.78, 5) is 14.0. The highest BCUT2D eigenvalue weighted by Crippen LogP contribution is 2.33. The molecule has 0 bridgehead atoms. The zero-order valence-corrected chi connectivity index (χ0v) is 13.1. The van der Waals surface area contributed by atoms with Gasteiger partial charge in [0.2, 0.25) is 0 Å². The van der Waals surface area contributed by atoms with Gasteiger partial charge in [-0.25, -0.2) is 0 Å². The van der Waals surface area contributed by atoms with E-state index in [0.29, 0.717) is 0 Å². The second-order valence-electron chi connectivity index (χ2n) is 5.39. The third-order valence-corrected chi connectivity index (χ3v) is 3.95. The van der Waals surface area contributed by atoms with E-state index in [0.717, 1.165) is 13.1 Å². The van der Waals surface area contributed by atoms with Crippen molar-refractivity contribution in [1.29, 1.82) is 0 Å². The molecule has 20 heavy (non-hydrogen) atoms. The maximum Gasteiger partial charge on any atom is 0.320 e. The van der Waals surface area contributed by atoms with Gasteiger partial charge in [0.15, 0.2) is 12.4 Å². The molecular weight excluding hydrogens is 262 g/mol. The van der Waals surface area contributed by atoms with E-state index in [9.17, 15) is 9.90 Å². The highest BCUT2D eigenvalue weighted by atomic mass is 16.6. The molecule has 0 aliphatic carbocycles. The predicted octanol–water partition coefficient (Wildman–Crippen LogP) is 0.772. The fourth-order valence-corrected chi connectivity index (χ4v) is 2.56. The first-order chi connectivity index (χ1) is 9.36. The summed E-state index contributed by atoms with van der Waals surface area (Å²) in [5, 5.41) is 9.67. The van der Waals surface area contributed by atoms with Gasteiger partial charge in [0.25, 0.3) is 0 Å². The zero-order valence-electron chi connectivity index (χ0n) is 13.1. The number of nitrogens with zero attached hydrogens (tertiary/aromatic N) is 1. The Morgan fingerprint density at radius 1 is 1.45 bits per heavy atom. The van der Waals surface area contributed by atoms with Crippen molar-refractivity contribution in [3.63, 3.8) is 0 Å². The molecule has 1 heterocycles. The Labute approximate surface area is 121 Å². The maximum absolute atomic E-state index is 12.0. The fraction of sp³-hybridized carbons (Fsp3) is 0.929. The lowest BCUT2D eigenvalue weighted by molar-refractivity contribution is -0.269. The molecule has 0 spiro atoms. The highest BCUT2D eigenvalue weighted by molar-refractivity contribution is 5.72. The lowest BCUT2D eigenvalue weighted by Crippen LogP contribution is -2.58. The Balaban J connectivity index is 2.69.